The molecule has 0 aliphatic carbocycles. The number of carbonyl (C=O) groups is 4. The van der Waals surface area contributed by atoms with E-state index in [1.165, 1.54) is 19.2 Å². The number of benzene rings is 1. The van der Waals surface area contributed by atoms with E-state index in [9.17, 15) is 19.2 Å². The highest BCUT2D eigenvalue weighted by Gasteiger charge is 2.39. The average molecular weight is 305 g/mol. The summed E-state index contributed by atoms with van der Waals surface area (Å²) in [6.45, 7) is 1.49. The van der Waals surface area contributed by atoms with Crippen LogP contribution in [0, 0.1) is 0 Å². The third kappa shape index (κ3) is 2.76. The zero-order valence-corrected chi connectivity index (χ0v) is 12.2. The predicted octanol–water partition coefficient (Wildman–Crippen LogP) is 0.402. The van der Waals surface area contributed by atoms with Crippen molar-refractivity contribution in [3.63, 3.8) is 0 Å². The van der Waals surface area contributed by atoms with E-state index in [1.54, 1.807) is 19.1 Å². The Morgan fingerprint density at radius 1 is 1.18 bits per heavy atom. The monoisotopic (exact) mass is 305 g/mol. The van der Waals surface area contributed by atoms with Crippen LogP contribution in [-0.2, 0) is 9.53 Å². The van der Waals surface area contributed by atoms with Gasteiger partial charge in [-0.2, -0.15) is 5.01 Å². The van der Waals surface area contributed by atoms with Crippen LogP contribution in [-0.4, -0.2) is 54.0 Å². The maximum absolute atomic E-state index is 12.2. The van der Waals surface area contributed by atoms with Crippen molar-refractivity contribution in [2.45, 2.75) is 6.92 Å². The number of hydrogen-bond donors (Lipinski definition) is 1. The fourth-order valence-electron chi connectivity index (χ4n) is 2.01. The number of hydrogen-bond acceptors (Lipinski definition) is 5. The van der Waals surface area contributed by atoms with Crippen molar-refractivity contribution in [1.29, 1.82) is 0 Å². The number of amides is 4. The third-order valence-corrected chi connectivity index (χ3v) is 3.06. The van der Waals surface area contributed by atoms with Gasteiger partial charge < -0.3 is 10.1 Å². The molecule has 8 nitrogen and oxygen atoms in total. The summed E-state index contributed by atoms with van der Waals surface area (Å²) in [5.74, 6) is -1.78. The minimum absolute atomic E-state index is 0.197. The van der Waals surface area contributed by atoms with Crippen LogP contribution in [0.5, 0.6) is 0 Å². The normalized spacial score (nSPS) is 12.9. The van der Waals surface area contributed by atoms with E-state index >= 15 is 0 Å². The summed E-state index contributed by atoms with van der Waals surface area (Å²) < 4.78 is 4.67. The van der Waals surface area contributed by atoms with E-state index in [-0.39, 0.29) is 24.3 Å². The van der Waals surface area contributed by atoms with Crippen molar-refractivity contribution in [3.05, 3.63) is 35.4 Å². The van der Waals surface area contributed by atoms with E-state index < -0.39 is 23.8 Å². The van der Waals surface area contributed by atoms with Crippen molar-refractivity contribution in [2.24, 2.45) is 0 Å². The molecule has 0 bridgehead atoms. The highest BCUT2D eigenvalue weighted by Crippen LogP contribution is 2.23. The first-order chi connectivity index (χ1) is 10.5. The van der Waals surface area contributed by atoms with E-state index in [2.05, 4.69) is 10.1 Å². The molecule has 0 saturated heterocycles. The number of fused-ring (bicyclic) bond motifs is 1. The van der Waals surface area contributed by atoms with Crippen molar-refractivity contribution >= 4 is 23.8 Å². The molecule has 0 spiro atoms. The number of imide groups is 1. The SMILES string of the molecule is CCOC(=O)CNC(=O)N(C)N1C(=O)c2ccccc2C1=O. The Kier molecular flexibility index (Phi) is 4.40. The summed E-state index contributed by atoms with van der Waals surface area (Å²) in [6.07, 6.45) is 0. The van der Waals surface area contributed by atoms with Crippen molar-refractivity contribution in [2.75, 3.05) is 20.2 Å². The summed E-state index contributed by atoms with van der Waals surface area (Å²) in [4.78, 5) is 47.5. The molecular weight excluding hydrogens is 290 g/mol. The number of rotatable bonds is 4. The van der Waals surface area contributed by atoms with Gasteiger partial charge in [0.15, 0.2) is 0 Å². The lowest BCUT2D eigenvalue weighted by Crippen LogP contribution is -2.51. The highest BCUT2D eigenvalue weighted by atomic mass is 16.5. The van der Waals surface area contributed by atoms with Gasteiger partial charge in [0.05, 0.1) is 17.7 Å². The maximum atomic E-state index is 12.2. The van der Waals surface area contributed by atoms with E-state index in [0.717, 1.165) is 10.0 Å². The number of esters is 1. The van der Waals surface area contributed by atoms with E-state index in [0.29, 0.717) is 0 Å². The summed E-state index contributed by atoms with van der Waals surface area (Å²) in [5.41, 5.74) is 0.468. The molecule has 0 atom stereocenters. The zero-order valence-electron chi connectivity index (χ0n) is 12.2. The Hall–Kier alpha value is -2.90. The first-order valence-electron chi connectivity index (χ1n) is 6.62. The minimum atomic E-state index is -0.762. The van der Waals surface area contributed by atoms with Gasteiger partial charge in [0.1, 0.15) is 6.54 Å². The van der Waals surface area contributed by atoms with Gasteiger partial charge in [-0.25, -0.2) is 9.80 Å². The molecule has 1 aliphatic heterocycles. The van der Waals surface area contributed by atoms with Gasteiger partial charge >= 0.3 is 12.0 Å². The second kappa shape index (κ2) is 6.25. The second-order valence-electron chi connectivity index (χ2n) is 4.46. The maximum Gasteiger partial charge on any atom is 0.336 e. The Morgan fingerprint density at radius 2 is 1.73 bits per heavy atom. The van der Waals surface area contributed by atoms with Crippen LogP contribution in [0.4, 0.5) is 4.79 Å². The Labute approximate surface area is 126 Å². The fourth-order valence-corrected chi connectivity index (χ4v) is 2.01. The van der Waals surface area contributed by atoms with Crippen LogP contribution in [0.25, 0.3) is 0 Å². The standard InChI is InChI=1S/C14H15N3O5/c1-3-22-11(18)8-15-14(21)16(2)17-12(19)9-6-4-5-7-10(9)13(17)20/h4-7H,3,8H2,1-2H3,(H,15,21). The molecule has 0 fully saturated rings. The highest BCUT2D eigenvalue weighted by molar-refractivity contribution is 6.21. The van der Waals surface area contributed by atoms with Gasteiger partial charge in [0.2, 0.25) is 0 Å². The molecule has 116 valence electrons. The zero-order chi connectivity index (χ0) is 16.3. The lowest BCUT2D eigenvalue weighted by atomic mass is 10.1. The molecule has 4 amide bonds. The fraction of sp³-hybridized carbons (Fsp3) is 0.286. The molecule has 1 heterocycles. The van der Waals surface area contributed by atoms with Crippen LogP contribution in [0.15, 0.2) is 24.3 Å². The predicted molar refractivity (Wildman–Crippen MR) is 74.7 cm³/mol. The quantitative estimate of drug-likeness (QED) is 0.641. The smallest absolute Gasteiger partial charge is 0.336 e. The van der Waals surface area contributed by atoms with E-state index in [4.69, 9.17) is 0 Å². The van der Waals surface area contributed by atoms with E-state index in [1.807, 2.05) is 0 Å². The number of carbonyl (C=O) groups excluding carboxylic acids is 4. The van der Waals surface area contributed by atoms with Crippen molar-refractivity contribution in [1.82, 2.24) is 15.3 Å². The van der Waals surface area contributed by atoms with Crippen LogP contribution in [0.3, 0.4) is 0 Å². The molecular formula is C14H15N3O5. The Morgan fingerprint density at radius 3 is 2.23 bits per heavy atom. The van der Waals surface area contributed by atoms with Gasteiger partial charge in [0.25, 0.3) is 11.8 Å². The summed E-state index contributed by atoms with van der Waals surface area (Å²) in [6, 6.07) is 5.53. The summed E-state index contributed by atoms with van der Waals surface area (Å²) in [7, 11) is 1.27. The molecule has 0 aromatic heterocycles. The number of nitrogens with zero attached hydrogens (tertiary/aromatic N) is 2. The molecule has 22 heavy (non-hydrogen) atoms. The molecule has 2 rings (SSSR count). The van der Waals surface area contributed by atoms with Gasteiger partial charge in [-0.15, -0.1) is 0 Å². The molecule has 1 aliphatic rings. The number of urea groups is 1. The minimum Gasteiger partial charge on any atom is -0.465 e. The van der Waals surface area contributed by atoms with Gasteiger partial charge in [0, 0.05) is 7.05 Å². The van der Waals surface area contributed by atoms with Crippen LogP contribution in [0.2, 0.25) is 0 Å². The van der Waals surface area contributed by atoms with Crippen LogP contribution in [0.1, 0.15) is 27.6 Å². The second-order valence-corrected chi connectivity index (χ2v) is 4.46. The molecule has 1 aromatic carbocycles. The molecule has 1 N–H and O–H groups in total. The topological polar surface area (TPSA) is 96.0 Å². The van der Waals surface area contributed by atoms with Gasteiger partial charge in [-0.05, 0) is 19.1 Å². The first-order valence-corrected chi connectivity index (χ1v) is 6.62. The van der Waals surface area contributed by atoms with Crippen molar-refractivity contribution in [3.8, 4) is 0 Å². The molecule has 0 radical (unpaired) electrons. The number of hydrazine groups is 1. The average Bonchev–Trinajstić information content (AvgIpc) is 2.76. The Bertz CT molecular complexity index is 608. The Balaban J connectivity index is 2.06. The largest absolute Gasteiger partial charge is 0.465 e. The third-order valence-electron chi connectivity index (χ3n) is 3.06. The molecule has 8 heteroatoms. The lowest BCUT2D eigenvalue weighted by molar-refractivity contribution is -0.141. The van der Waals surface area contributed by atoms with Crippen LogP contribution < -0.4 is 5.32 Å². The lowest BCUT2D eigenvalue weighted by Gasteiger charge is -2.25. The number of nitrogens with one attached hydrogen (secondary N) is 1. The first kappa shape index (κ1) is 15.5. The molecule has 0 saturated carbocycles. The summed E-state index contributed by atoms with van der Waals surface area (Å²) >= 11 is 0. The number of ether oxygens (including phenoxy) is 1. The molecule has 1 aromatic rings. The molecule has 0 unspecified atom stereocenters. The van der Waals surface area contributed by atoms with Crippen molar-refractivity contribution < 1.29 is 23.9 Å². The van der Waals surface area contributed by atoms with Gasteiger partial charge in [-0.1, -0.05) is 12.1 Å². The summed E-state index contributed by atoms with van der Waals surface area (Å²) in [5, 5.41) is 3.84. The van der Waals surface area contributed by atoms with Gasteiger partial charge in [-0.3, -0.25) is 14.4 Å². The van der Waals surface area contributed by atoms with Crippen LogP contribution >= 0.6 is 0 Å².